The van der Waals surface area contributed by atoms with Gasteiger partial charge in [-0.3, -0.25) is 0 Å². The molecule has 1 unspecified atom stereocenters. The van der Waals surface area contributed by atoms with Crippen LogP contribution in [0.25, 0.3) is 11.0 Å². The molecule has 4 aromatic rings. The highest BCUT2D eigenvalue weighted by Gasteiger charge is 2.30. The Morgan fingerprint density at radius 3 is 2.30 bits per heavy atom. The zero-order valence-corrected chi connectivity index (χ0v) is 18.4. The minimum atomic E-state index is -4.39. The van der Waals surface area contributed by atoms with Gasteiger partial charge in [-0.05, 0) is 37.1 Å². The number of aromatic nitrogens is 4. The van der Waals surface area contributed by atoms with Crippen LogP contribution in [-0.4, -0.2) is 26.9 Å². The summed E-state index contributed by atoms with van der Waals surface area (Å²) in [7, 11) is 1.52. The van der Waals surface area contributed by atoms with Crippen LogP contribution in [0.15, 0.2) is 54.6 Å². The van der Waals surface area contributed by atoms with Gasteiger partial charge in [-0.15, -0.1) is 0 Å². The maximum absolute atomic E-state index is 13.0. The summed E-state index contributed by atoms with van der Waals surface area (Å²) in [5, 5.41) is 5.32. The molecule has 9 heteroatoms. The van der Waals surface area contributed by atoms with E-state index in [-0.39, 0.29) is 12.6 Å². The lowest BCUT2D eigenvalue weighted by molar-refractivity contribution is -0.137. The highest BCUT2D eigenvalue weighted by atomic mass is 19.4. The molecule has 0 amide bonds. The lowest BCUT2D eigenvalue weighted by atomic mass is 10.1. The normalized spacial score (nSPS) is 12.8. The molecule has 0 N–H and O–H groups in total. The Bertz CT molecular complexity index is 1240. The molecule has 1 atom stereocenters. The molecule has 2 heterocycles. The van der Waals surface area contributed by atoms with Gasteiger partial charge in [0.25, 0.3) is 0 Å². The van der Waals surface area contributed by atoms with Gasteiger partial charge in [0.05, 0.1) is 31.9 Å². The number of hydrogen-bond acceptors (Lipinski definition) is 5. The summed E-state index contributed by atoms with van der Waals surface area (Å²) in [5.41, 5.74) is 2.12. The molecule has 6 nitrogen and oxygen atoms in total. The van der Waals surface area contributed by atoms with Gasteiger partial charge >= 0.3 is 6.18 Å². The van der Waals surface area contributed by atoms with E-state index in [2.05, 4.69) is 9.97 Å². The molecule has 0 spiro atoms. The zero-order chi connectivity index (χ0) is 23.6. The van der Waals surface area contributed by atoms with Gasteiger partial charge in [0.15, 0.2) is 5.65 Å². The average Bonchev–Trinajstić information content (AvgIpc) is 3.16. The molecule has 172 valence electrons. The van der Waals surface area contributed by atoms with Crippen molar-refractivity contribution in [2.45, 2.75) is 39.3 Å². The fourth-order valence-corrected chi connectivity index (χ4v) is 3.63. The van der Waals surface area contributed by atoms with Gasteiger partial charge in [0.1, 0.15) is 16.9 Å². The van der Waals surface area contributed by atoms with Gasteiger partial charge in [0.2, 0.25) is 5.88 Å². The first-order chi connectivity index (χ1) is 15.8. The monoisotopic (exact) mass is 456 g/mol. The van der Waals surface area contributed by atoms with E-state index in [1.807, 2.05) is 37.3 Å². The summed E-state index contributed by atoms with van der Waals surface area (Å²) in [5.74, 6) is 0.874. The van der Waals surface area contributed by atoms with E-state index in [1.165, 1.54) is 19.2 Å². The molecule has 0 aliphatic rings. The Morgan fingerprint density at radius 1 is 0.970 bits per heavy atom. The molecule has 0 bridgehead atoms. The second-order valence-electron chi connectivity index (χ2n) is 7.64. The highest BCUT2D eigenvalue weighted by Crippen LogP contribution is 2.33. The standard InChI is InChI=1S/C24H23F3N4O2/c1-15(18-9-11-19(12-10-18)24(25,26)27)31-22-21(23(32-3)29-16(2)28-22)20(30-31)14-33-13-17-7-5-4-6-8-17/h4-12,15H,13-14H2,1-3H3. The second kappa shape index (κ2) is 9.19. The van der Waals surface area contributed by atoms with Crippen LogP contribution in [0.2, 0.25) is 0 Å². The van der Waals surface area contributed by atoms with E-state index in [4.69, 9.17) is 14.6 Å². The molecule has 0 saturated heterocycles. The minimum absolute atomic E-state index is 0.195. The summed E-state index contributed by atoms with van der Waals surface area (Å²) in [6.45, 7) is 4.20. The lowest BCUT2D eigenvalue weighted by Gasteiger charge is -2.15. The van der Waals surface area contributed by atoms with Crippen LogP contribution >= 0.6 is 0 Å². The van der Waals surface area contributed by atoms with Crippen molar-refractivity contribution in [2.75, 3.05) is 7.11 Å². The Balaban J connectivity index is 1.69. The number of rotatable bonds is 7. The molecular formula is C24H23F3N4O2. The van der Waals surface area contributed by atoms with Crippen LogP contribution in [0.1, 0.15) is 41.2 Å². The minimum Gasteiger partial charge on any atom is -0.480 e. The van der Waals surface area contributed by atoms with Crippen molar-refractivity contribution in [1.29, 1.82) is 0 Å². The summed E-state index contributed by atoms with van der Waals surface area (Å²) in [6, 6.07) is 14.4. The van der Waals surface area contributed by atoms with Crippen molar-refractivity contribution in [3.05, 3.63) is 82.8 Å². The van der Waals surface area contributed by atoms with Crippen LogP contribution in [0.4, 0.5) is 13.2 Å². The van der Waals surface area contributed by atoms with Gasteiger partial charge < -0.3 is 9.47 Å². The number of ether oxygens (including phenoxy) is 2. The van der Waals surface area contributed by atoms with Crippen LogP contribution < -0.4 is 4.74 Å². The number of benzene rings is 2. The van der Waals surface area contributed by atoms with Gasteiger partial charge in [0, 0.05) is 0 Å². The number of fused-ring (bicyclic) bond motifs is 1. The van der Waals surface area contributed by atoms with Gasteiger partial charge in [-0.2, -0.15) is 23.3 Å². The van der Waals surface area contributed by atoms with Crippen molar-refractivity contribution in [3.63, 3.8) is 0 Å². The van der Waals surface area contributed by atoms with Crippen molar-refractivity contribution in [1.82, 2.24) is 19.7 Å². The largest absolute Gasteiger partial charge is 0.480 e. The second-order valence-corrected chi connectivity index (χ2v) is 7.64. The molecule has 0 saturated carbocycles. The molecule has 0 fully saturated rings. The van der Waals surface area contributed by atoms with Crippen LogP contribution in [0.5, 0.6) is 5.88 Å². The lowest BCUT2D eigenvalue weighted by Crippen LogP contribution is -2.11. The summed E-state index contributed by atoms with van der Waals surface area (Å²) in [6.07, 6.45) is -4.39. The summed E-state index contributed by atoms with van der Waals surface area (Å²) < 4.78 is 51.9. The molecule has 0 radical (unpaired) electrons. The van der Waals surface area contributed by atoms with Crippen LogP contribution in [-0.2, 0) is 24.1 Å². The molecular weight excluding hydrogens is 433 g/mol. The van der Waals surface area contributed by atoms with Crippen molar-refractivity contribution >= 4 is 11.0 Å². The van der Waals surface area contributed by atoms with Gasteiger partial charge in [-0.25, -0.2) is 9.67 Å². The van der Waals surface area contributed by atoms with E-state index < -0.39 is 11.7 Å². The summed E-state index contributed by atoms with van der Waals surface area (Å²) >= 11 is 0. The molecule has 2 aromatic carbocycles. The molecule has 33 heavy (non-hydrogen) atoms. The zero-order valence-electron chi connectivity index (χ0n) is 18.4. The Kier molecular flexibility index (Phi) is 6.33. The first-order valence-electron chi connectivity index (χ1n) is 10.4. The van der Waals surface area contributed by atoms with Crippen molar-refractivity contribution in [3.8, 4) is 5.88 Å². The highest BCUT2D eigenvalue weighted by molar-refractivity contribution is 5.84. The Hall–Kier alpha value is -3.46. The number of alkyl halides is 3. The Labute approximate surface area is 189 Å². The smallest absolute Gasteiger partial charge is 0.416 e. The van der Waals surface area contributed by atoms with Gasteiger partial charge in [-0.1, -0.05) is 42.5 Å². The summed E-state index contributed by atoms with van der Waals surface area (Å²) in [4.78, 5) is 8.91. The number of hydrogen-bond donors (Lipinski definition) is 0. The average molecular weight is 456 g/mol. The van der Waals surface area contributed by atoms with Crippen molar-refractivity contribution in [2.24, 2.45) is 0 Å². The Morgan fingerprint density at radius 2 is 1.67 bits per heavy atom. The number of halogens is 3. The number of aryl methyl sites for hydroxylation is 1. The number of nitrogens with zero attached hydrogens (tertiary/aromatic N) is 4. The van der Waals surface area contributed by atoms with E-state index >= 15 is 0 Å². The first kappa shape index (κ1) is 22.7. The van der Waals surface area contributed by atoms with E-state index in [0.29, 0.717) is 40.6 Å². The fourth-order valence-electron chi connectivity index (χ4n) is 3.63. The third-order valence-corrected chi connectivity index (χ3v) is 5.33. The van der Waals surface area contributed by atoms with Crippen molar-refractivity contribution < 1.29 is 22.6 Å². The first-order valence-corrected chi connectivity index (χ1v) is 10.4. The predicted octanol–water partition coefficient (Wildman–Crippen LogP) is 5.49. The molecule has 2 aromatic heterocycles. The number of methoxy groups -OCH3 is 1. The molecule has 0 aliphatic carbocycles. The third-order valence-electron chi connectivity index (χ3n) is 5.33. The topological polar surface area (TPSA) is 62.1 Å². The molecule has 0 aliphatic heterocycles. The third kappa shape index (κ3) is 4.83. The van der Waals surface area contributed by atoms with E-state index in [1.54, 1.807) is 11.6 Å². The SMILES string of the molecule is COc1nc(C)nc2c1c(COCc1ccccc1)nn2C(C)c1ccc(C(F)(F)F)cc1. The maximum atomic E-state index is 13.0. The van der Waals surface area contributed by atoms with Crippen LogP contribution in [0.3, 0.4) is 0 Å². The quantitative estimate of drug-likeness (QED) is 0.368. The fraction of sp³-hybridized carbons (Fsp3) is 0.292. The molecule has 4 rings (SSSR count). The maximum Gasteiger partial charge on any atom is 0.416 e. The van der Waals surface area contributed by atoms with E-state index in [9.17, 15) is 13.2 Å². The predicted molar refractivity (Wildman–Crippen MR) is 117 cm³/mol. The van der Waals surface area contributed by atoms with Crippen LogP contribution in [0, 0.1) is 6.92 Å². The van der Waals surface area contributed by atoms with E-state index in [0.717, 1.165) is 17.7 Å².